The molecule has 1 heterocycles. The molecule has 3 rings (SSSR count). The maximum atomic E-state index is 11.3. The molecular formula is C12H5Cl3N4O3. The van der Waals surface area contributed by atoms with Gasteiger partial charge < -0.3 is 5.32 Å². The number of nitrogens with zero attached hydrogens (tertiary/aromatic N) is 3. The molecule has 0 aliphatic heterocycles. The number of nitro groups is 1. The lowest BCUT2D eigenvalue weighted by molar-refractivity contribution is -0.382. The van der Waals surface area contributed by atoms with Gasteiger partial charge in [-0.2, -0.15) is 0 Å². The number of aromatic nitrogens is 2. The van der Waals surface area contributed by atoms with E-state index in [-0.39, 0.29) is 27.4 Å². The zero-order chi connectivity index (χ0) is 15.9. The third-order valence-electron chi connectivity index (χ3n) is 2.85. The van der Waals surface area contributed by atoms with Gasteiger partial charge in [0, 0.05) is 5.02 Å². The predicted molar refractivity (Wildman–Crippen MR) is 83.2 cm³/mol. The summed E-state index contributed by atoms with van der Waals surface area (Å²) in [6.45, 7) is 0. The maximum Gasteiger partial charge on any atom is 0.324 e. The summed E-state index contributed by atoms with van der Waals surface area (Å²) in [7, 11) is 0. The highest BCUT2D eigenvalue weighted by molar-refractivity contribution is 6.36. The average molecular weight is 360 g/mol. The lowest BCUT2D eigenvalue weighted by Gasteiger charge is -2.09. The van der Waals surface area contributed by atoms with Crippen LogP contribution >= 0.6 is 34.8 Å². The van der Waals surface area contributed by atoms with E-state index in [2.05, 4.69) is 20.3 Å². The van der Waals surface area contributed by atoms with Gasteiger partial charge in [-0.25, -0.2) is 4.63 Å². The van der Waals surface area contributed by atoms with Crippen LogP contribution in [0.2, 0.25) is 15.1 Å². The van der Waals surface area contributed by atoms with E-state index in [4.69, 9.17) is 34.8 Å². The Balaban J connectivity index is 2.19. The van der Waals surface area contributed by atoms with E-state index in [0.717, 1.165) is 0 Å². The number of hydrogen-bond donors (Lipinski definition) is 1. The first-order chi connectivity index (χ1) is 10.5. The fraction of sp³-hybridized carbons (Fsp3) is 0. The van der Waals surface area contributed by atoms with Crippen molar-refractivity contribution in [3.8, 4) is 0 Å². The van der Waals surface area contributed by atoms with Crippen molar-refractivity contribution in [1.82, 2.24) is 10.3 Å². The Labute approximate surface area is 137 Å². The lowest BCUT2D eigenvalue weighted by atomic mass is 10.2. The van der Waals surface area contributed by atoms with Crippen LogP contribution < -0.4 is 5.32 Å². The number of halogens is 3. The molecule has 3 aromatic rings. The molecule has 0 saturated carbocycles. The van der Waals surface area contributed by atoms with Crippen LogP contribution in [-0.4, -0.2) is 15.2 Å². The first-order valence-electron chi connectivity index (χ1n) is 5.78. The second-order valence-electron chi connectivity index (χ2n) is 4.22. The van der Waals surface area contributed by atoms with Crippen LogP contribution in [-0.2, 0) is 0 Å². The largest absolute Gasteiger partial charge is 0.349 e. The van der Waals surface area contributed by atoms with Crippen molar-refractivity contribution < 1.29 is 9.55 Å². The molecule has 10 heteroatoms. The van der Waals surface area contributed by atoms with Crippen LogP contribution in [0.1, 0.15) is 0 Å². The molecule has 0 radical (unpaired) electrons. The maximum absolute atomic E-state index is 11.3. The Kier molecular flexibility index (Phi) is 3.78. The topological polar surface area (TPSA) is 94.1 Å². The van der Waals surface area contributed by atoms with Crippen molar-refractivity contribution in [2.24, 2.45) is 0 Å². The third kappa shape index (κ3) is 2.54. The Bertz CT molecular complexity index is 897. The van der Waals surface area contributed by atoms with E-state index in [1.54, 1.807) is 12.1 Å². The van der Waals surface area contributed by atoms with Gasteiger partial charge in [0.05, 0.1) is 20.7 Å². The van der Waals surface area contributed by atoms with Gasteiger partial charge in [-0.3, -0.25) is 10.1 Å². The van der Waals surface area contributed by atoms with E-state index in [1.807, 2.05) is 0 Å². The number of benzene rings is 2. The van der Waals surface area contributed by atoms with Crippen molar-refractivity contribution in [1.29, 1.82) is 0 Å². The number of nitro benzene ring substituents is 1. The highest BCUT2D eigenvalue weighted by Crippen LogP contribution is 2.39. The first kappa shape index (κ1) is 14.8. The van der Waals surface area contributed by atoms with Gasteiger partial charge in [0.15, 0.2) is 5.52 Å². The molecule has 22 heavy (non-hydrogen) atoms. The molecule has 0 spiro atoms. The van der Waals surface area contributed by atoms with Gasteiger partial charge in [0.1, 0.15) is 5.69 Å². The summed E-state index contributed by atoms with van der Waals surface area (Å²) in [6.07, 6.45) is 0. The van der Waals surface area contributed by atoms with Crippen LogP contribution in [0, 0.1) is 10.1 Å². The van der Waals surface area contributed by atoms with Gasteiger partial charge >= 0.3 is 5.69 Å². The SMILES string of the molecule is O=[N+]([O-])c1c(Nc2cc(Cl)ccc2Cl)cc(Cl)c2nonc12. The summed E-state index contributed by atoms with van der Waals surface area (Å²) in [5, 5.41) is 22.2. The first-order valence-corrected chi connectivity index (χ1v) is 6.92. The van der Waals surface area contributed by atoms with Gasteiger partial charge in [0.2, 0.25) is 5.52 Å². The highest BCUT2D eigenvalue weighted by Gasteiger charge is 2.25. The summed E-state index contributed by atoms with van der Waals surface area (Å²) in [5.41, 5.74) is 0.220. The van der Waals surface area contributed by atoms with Gasteiger partial charge in [-0.05, 0) is 34.6 Å². The van der Waals surface area contributed by atoms with E-state index >= 15 is 0 Å². The zero-order valence-electron chi connectivity index (χ0n) is 10.5. The van der Waals surface area contributed by atoms with Gasteiger partial charge in [0.25, 0.3) is 0 Å². The fourth-order valence-electron chi connectivity index (χ4n) is 1.91. The van der Waals surface area contributed by atoms with Crippen LogP contribution in [0.5, 0.6) is 0 Å². The predicted octanol–water partition coefficient (Wildman–Crippen LogP) is 4.83. The molecule has 2 aromatic carbocycles. The van der Waals surface area contributed by atoms with Crippen molar-refractivity contribution in [2.75, 3.05) is 5.32 Å². The molecule has 0 fully saturated rings. The smallest absolute Gasteiger partial charge is 0.324 e. The average Bonchev–Trinajstić information content (AvgIpc) is 2.92. The number of rotatable bonds is 3. The van der Waals surface area contributed by atoms with Crippen LogP contribution in [0.25, 0.3) is 11.0 Å². The molecule has 0 unspecified atom stereocenters. The van der Waals surface area contributed by atoms with Gasteiger partial charge in [-0.15, -0.1) is 0 Å². The third-order valence-corrected chi connectivity index (χ3v) is 3.70. The van der Waals surface area contributed by atoms with Crippen molar-refractivity contribution >= 4 is 62.9 Å². The van der Waals surface area contributed by atoms with Crippen molar-refractivity contribution in [3.63, 3.8) is 0 Å². The summed E-state index contributed by atoms with van der Waals surface area (Å²) in [6, 6.07) is 6.05. The standard InChI is InChI=1S/C12H5Cl3N4O3/c13-5-1-2-6(14)8(3-5)16-9-4-7(15)10-11(18-22-17-10)12(9)19(20)21/h1-4,16H. The molecular weight excluding hydrogens is 355 g/mol. The Morgan fingerprint density at radius 3 is 2.50 bits per heavy atom. The zero-order valence-corrected chi connectivity index (χ0v) is 12.8. The minimum Gasteiger partial charge on any atom is -0.349 e. The molecule has 1 N–H and O–H groups in total. The molecule has 0 saturated heterocycles. The van der Waals surface area contributed by atoms with Gasteiger partial charge in [-0.1, -0.05) is 34.8 Å². The molecule has 0 aliphatic carbocycles. The number of nitrogens with one attached hydrogen (secondary N) is 1. The number of anilines is 2. The molecule has 112 valence electrons. The normalized spacial score (nSPS) is 10.9. The quantitative estimate of drug-likeness (QED) is 0.531. The van der Waals surface area contributed by atoms with Crippen LogP contribution in [0.4, 0.5) is 17.1 Å². The molecule has 0 amide bonds. The number of fused-ring (bicyclic) bond motifs is 1. The molecule has 1 aromatic heterocycles. The van der Waals surface area contributed by atoms with Crippen LogP contribution in [0.15, 0.2) is 28.9 Å². The molecule has 0 aliphatic rings. The Hall–Kier alpha value is -2.09. The summed E-state index contributed by atoms with van der Waals surface area (Å²) in [4.78, 5) is 10.7. The molecule has 7 nitrogen and oxygen atoms in total. The highest BCUT2D eigenvalue weighted by atomic mass is 35.5. The van der Waals surface area contributed by atoms with E-state index in [1.165, 1.54) is 12.1 Å². The minimum absolute atomic E-state index is 0.0573. The second kappa shape index (κ2) is 5.60. The van der Waals surface area contributed by atoms with Crippen molar-refractivity contribution in [3.05, 3.63) is 49.4 Å². The monoisotopic (exact) mass is 358 g/mol. The van der Waals surface area contributed by atoms with Crippen molar-refractivity contribution in [2.45, 2.75) is 0 Å². The summed E-state index contributed by atoms with van der Waals surface area (Å²) < 4.78 is 4.52. The van der Waals surface area contributed by atoms with E-state index < -0.39 is 4.92 Å². The van der Waals surface area contributed by atoms with Crippen LogP contribution in [0.3, 0.4) is 0 Å². The second-order valence-corrected chi connectivity index (χ2v) is 5.47. The summed E-state index contributed by atoms with van der Waals surface area (Å²) >= 11 is 18.0. The Morgan fingerprint density at radius 1 is 1.05 bits per heavy atom. The number of hydrogen-bond acceptors (Lipinski definition) is 6. The van der Waals surface area contributed by atoms with E-state index in [0.29, 0.717) is 15.7 Å². The lowest BCUT2D eigenvalue weighted by Crippen LogP contribution is -1.99. The summed E-state index contributed by atoms with van der Waals surface area (Å²) in [5.74, 6) is 0. The molecule has 0 bridgehead atoms. The molecule has 0 atom stereocenters. The Morgan fingerprint density at radius 2 is 1.77 bits per heavy atom. The van der Waals surface area contributed by atoms with E-state index in [9.17, 15) is 10.1 Å². The minimum atomic E-state index is -0.607. The fourth-order valence-corrected chi connectivity index (χ4v) is 2.48.